The lowest BCUT2D eigenvalue weighted by atomic mass is 9.94. The monoisotopic (exact) mass is 354 g/mol. The van der Waals surface area contributed by atoms with Crippen LogP contribution < -0.4 is 23.4 Å². The summed E-state index contributed by atoms with van der Waals surface area (Å²) >= 11 is 0. The molecule has 2 aliphatic rings. The molecular weight excluding hydrogens is 330 g/mol. The number of nitrogens with zero attached hydrogens (tertiary/aromatic N) is 1. The first-order valence-corrected chi connectivity index (χ1v) is 8.65. The van der Waals surface area contributed by atoms with Gasteiger partial charge in [0, 0.05) is 29.7 Å². The smallest absolute Gasteiger partial charge is 0.166 e. The first kappa shape index (κ1) is 16.8. The van der Waals surface area contributed by atoms with Crippen LogP contribution in [0, 0.1) is 0 Å². The molecule has 0 radical (unpaired) electrons. The molecule has 0 N–H and O–H groups in total. The predicted molar refractivity (Wildman–Crippen MR) is 103 cm³/mol. The number of rotatable bonds is 4. The summed E-state index contributed by atoms with van der Waals surface area (Å²) in [4.78, 5) is 0. The lowest BCUT2D eigenvalue weighted by Gasteiger charge is -2.37. The molecule has 26 heavy (non-hydrogen) atoms. The molecule has 0 fully saturated rings. The molecule has 1 unspecified atom stereocenters. The number of likely N-dealkylation sites (N-methyl/N-ethyl adjacent to an activating group) is 1. The summed E-state index contributed by atoms with van der Waals surface area (Å²) < 4.78 is 22.8. The Morgan fingerprint density at radius 3 is 2.00 bits per heavy atom. The fourth-order valence-electron chi connectivity index (χ4n) is 4.14. The third-order valence-electron chi connectivity index (χ3n) is 5.60. The van der Waals surface area contributed by atoms with Gasteiger partial charge in [0.2, 0.25) is 0 Å². The van der Waals surface area contributed by atoms with E-state index in [1.165, 1.54) is 28.1 Å². The molecule has 136 valence electrons. The largest absolute Gasteiger partial charge is 0.493 e. The van der Waals surface area contributed by atoms with Crippen LogP contribution in [0.15, 0.2) is 24.3 Å². The Kier molecular flexibility index (Phi) is 3.84. The van der Waals surface area contributed by atoms with Crippen LogP contribution in [-0.2, 0) is 6.42 Å². The molecule has 5 heteroatoms. The van der Waals surface area contributed by atoms with Gasteiger partial charge in [-0.3, -0.25) is 4.48 Å². The third kappa shape index (κ3) is 2.20. The van der Waals surface area contributed by atoms with Crippen molar-refractivity contribution in [2.24, 2.45) is 0 Å². The standard InChI is InChI=1S/C21H24NO4/c1-22-7-6-13-9-18(23-2)20(25-4)11-15(13)17(22)8-14-10-19(24-3)21(26-5)12-16(14)22/h8-12H,6-7H2,1-5H3/q+1. The van der Waals surface area contributed by atoms with Gasteiger partial charge in [-0.2, -0.15) is 0 Å². The molecule has 2 aromatic rings. The highest BCUT2D eigenvalue weighted by Gasteiger charge is 2.43. The number of ether oxygens (including phenoxy) is 4. The predicted octanol–water partition coefficient (Wildman–Crippen LogP) is 3.73. The van der Waals surface area contributed by atoms with E-state index in [2.05, 4.69) is 37.4 Å². The molecule has 0 bridgehead atoms. The van der Waals surface area contributed by atoms with Crippen molar-refractivity contribution in [3.63, 3.8) is 0 Å². The zero-order valence-electron chi connectivity index (χ0n) is 15.9. The molecule has 2 heterocycles. The quantitative estimate of drug-likeness (QED) is 0.784. The lowest BCUT2D eigenvalue weighted by molar-refractivity contribution is 0.352. The Hall–Kier alpha value is -2.66. The van der Waals surface area contributed by atoms with Crippen LogP contribution in [0.1, 0.15) is 16.7 Å². The zero-order chi connectivity index (χ0) is 18.5. The number of benzene rings is 2. The molecule has 0 aromatic heterocycles. The molecule has 0 saturated carbocycles. The van der Waals surface area contributed by atoms with Gasteiger partial charge in [0.1, 0.15) is 11.4 Å². The minimum absolute atomic E-state index is 0.748. The van der Waals surface area contributed by atoms with Crippen molar-refractivity contribution in [1.29, 1.82) is 0 Å². The van der Waals surface area contributed by atoms with Crippen molar-refractivity contribution in [3.05, 3.63) is 41.0 Å². The molecule has 4 rings (SSSR count). The maximum atomic E-state index is 5.53. The van der Waals surface area contributed by atoms with Crippen LogP contribution in [0.3, 0.4) is 0 Å². The number of hydrogen-bond donors (Lipinski definition) is 0. The third-order valence-corrected chi connectivity index (χ3v) is 5.60. The van der Waals surface area contributed by atoms with Gasteiger partial charge in [0.05, 0.1) is 42.0 Å². The van der Waals surface area contributed by atoms with E-state index in [9.17, 15) is 0 Å². The van der Waals surface area contributed by atoms with Crippen molar-refractivity contribution >= 4 is 17.5 Å². The Morgan fingerprint density at radius 1 is 0.769 bits per heavy atom. The Bertz CT molecular complexity index is 919. The highest BCUT2D eigenvalue weighted by molar-refractivity contribution is 5.98. The van der Waals surface area contributed by atoms with Crippen LogP contribution in [0.25, 0.3) is 11.8 Å². The number of fused-ring (bicyclic) bond motifs is 5. The van der Waals surface area contributed by atoms with E-state index in [0.717, 1.165) is 40.4 Å². The molecule has 0 saturated heterocycles. The first-order chi connectivity index (χ1) is 12.5. The van der Waals surface area contributed by atoms with E-state index < -0.39 is 0 Å². The second-order valence-corrected chi connectivity index (χ2v) is 6.83. The fourth-order valence-corrected chi connectivity index (χ4v) is 4.14. The SMILES string of the molecule is COc1cc2c(cc1OC)[N+]1(C)CCc3cc(OC)c(OC)cc3C1=C2. The number of hydrogen-bond acceptors (Lipinski definition) is 4. The van der Waals surface area contributed by atoms with Gasteiger partial charge in [-0.15, -0.1) is 0 Å². The number of methoxy groups -OCH3 is 4. The van der Waals surface area contributed by atoms with Crippen molar-refractivity contribution in [2.45, 2.75) is 6.42 Å². The van der Waals surface area contributed by atoms with E-state index >= 15 is 0 Å². The van der Waals surface area contributed by atoms with Gasteiger partial charge >= 0.3 is 0 Å². The van der Waals surface area contributed by atoms with Crippen molar-refractivity contribution in [1.82, 2.24) is 4.48 Å². The Labute approximate surface area is 153 Å². The molecule has 5 nitrogen and oxygen atoms in total. The summed E-state index contributed by atoms with van der Waals surface area (Å²) in [5, 5.41) is 0. The fraction of sp³-hybridized carbons (Fsp3) is 0.333. The van der Waals surface area contributed by atoms with Crippen LogP contribution in [0.5, 0.6) is 23.0 Å². The van der Waals surface area contributed by atoms with E-state index in [1.807, 2.05) is 0 Å². The van der Waals surface area contributed by atoms with E-state index in [4.69, 9.17) is 18.9 Å². The van der Waals surface area contributed by atoms with Crippen LogP contribution in [0.4, 0.5) is 5.69 Å². The highest BCUT2D eigenvalue weighted by atomic mass is 16.5. The minimum Gasteiger partial charge on any atom is -0.493 e. The molecule has 0 aliphatic carbocycles. The normalized spacial score (nSPS) is 19.8. The van der Waals surface area contributed by atoms with Crippen LogP contribution in [-0.4, -0.2) is 42.0 Å². The van der Waals surface area contributed by atoms with Gasteiger partial charge in [-0.25, -0.2) is 0 Å². The lowest BCUT2D eigenvalue weighted by Crippen LogP contribution is -2.45. The molecule has 0 spiro atoms. The first-order valence-electron chi connectivity index (χ1n) is 8.65. The second kappa shape index (κ2) is 5.95. The molecular formula is C21H24NO4+. The Balaban J connectivity index is 1.90. The highest BCUT2D eigenvalue weighted by Crippen LogP contribution is 2.51. The summed E-state index contributed by atoms with van der Waals surface area (Å²) in [6, 6.07) is 8.35. The molecule has 2 aromatic carbocycles. The maximum Gasteiger partial charge on any atom is 0.166 e. The molecule has 2 aliphatic heterocycles. The van der Waals surface area contributed by atoms with E-state index in [-0.39, 0.29) is 0 Å². The molecule has 0 amide bonds. The van der Waals surface area contributed by atoms with Gasteiger partial charge in [0.15, 0.2) is 23.0 Å². The second-order valence-electron chi connectivity index (χ2n) is 6.83. The molecule has 1 atom stereocenters. The van der Waals surface area contributed by atoms with Crippen molar-refractivity contribution < 1.29 is 18.9 Å². The van der Waals surface area contributed by atoms with Crippen LogP contribution in [0.2, 0.25) is 0 Å². The number of quaternary nitrogens is 1. The average molecular weight is 354 g/mol. The topological polar surface area (TPSA) is 36.9 Å². The summed E-state index contributed by atoms with van der Waals surface area (Å²) in [6.45, 7) is 0.983. The maximum absolute atomic E-state index is 5.53. The van der Waals surface area contributed by atoms with Gasteiger partial charge in [0.25, 0.3) is 0 Å². The van der Waals surface area contributed by atoms with Gasteiger partial charge in [-0.1, -0.05) is 0 Å². The minimum atomic E-state index is 0.748. The van der Waals surface area contributed by atoms with Crippen molar-refractivity contribution in [2.75, 3.05) is 42.0 Å². The van der Waals surface area contributed by atoms with Gasteiger partial charge < -0.3 is 18.9 Å². The van der Waals surface area contributed by atoms with Gasteiger partial charge in [-0.05, 0) is 23.8 Å². The van der Waals surface area contributed by atoms with E-state index in [0.29, 0.717) is 0 Å². The van der Waals surface area contributed by atoms with E-state index in [1.54, 1.807) is 28.4 Å². The summed E-state index contributed by atoms with van der Waals surface area (Å²) in [7, 11) is 8.95. The Morgan fingerprint density at radius 2 is 1.35 bits per heavy atom. The summed E-state index contributed by atoms with van der Waals surface area (Å²) in [5.74, 6) is 3.05. The summed E-state index contributed by atoms with van der Waals surface area (Å²) in [5.41, 5.74) is 6.17. The summed E-state index contributed by atoms with van der Waals surface area (Å²) in [6.07, 6.45) is 3.22. The van der Waals surface area contributed by atoms with Crippen molar-refractivity contribution in [3.8, 4) is 23.0 Å². The van der Waals surface area contributed by atoms with Crippen LogP contribution >= 0.6 is 0 Å². The average Bonchev–Trinajstić information content (AvgIpc) is 2.97. The zero-order valence-corrected chi connectivity index (χ0v) is 15.9.